The van der Waals surface area contributed by atoms with E-state index in [9.17, 15) is 4.79 Å². The van der Waals surface area contributed by atoms with Gasteiger partial charge in [0.1, 0.15) is 0 Å². The Morgan fingerprint density at radius 3 is 2.63 bits per heavy atom. The number of carbonyl (C=O) groups excluding carboxylic acids is 1. The molecule has 0 aromatic rings. The van der Waals surface area contributed by atoms with E-state index in [-0.39, 0.29) is 11.9 Å². The standard InChI is InChI=1S/C15H31N3O/c1-3-4-11-17-15(19)13(2)18(12-7-10-16)14-8-5-6-9-14/h13-14H,3-12,16H2,1-2H3,(H,17,19). The molecule has 1 amide bonds. The molecule has 0 aromatic heterocycles. The van der Waals surface area contributed by atoms with Crippen molar-refractivity contribution in [3.8, 4) is 0 Å². The van der Waals surface area contributed by atoms with Crippen LogP contribution in [0.3, 0.4) is 0 Å². The maximum Gasteiger partial charge on any atom is 0.237 e. The molecule has 19 heavy (non-hydrogen) atoms. The summed E-state index contributed by atoms with van der Waals surface area (Å²) in [7, 11) is 0. The van der Waals surface area contributed by atoms with E-state index < -0.39 is 0 Å². The SMILES string of the molecule is CCCCNC(=O)C(C)N(CCCN)C1CCCC1. The third-order valence-electron chi connectivity index (χ3n) is 4.12. The summed E-state index contributed by atoms with van der Waals surface area (Å²) in [5.74, 6) is 0.178. The van der Waals surface area contributed by atoms with Crippen LogP contribution in [0.1, 0.15) is 58.8 Å². The lowest BCUT2D eigenvalue weighted by Crippen LogP contribution is -2.49. The first kappa shape index (κ1) is 16.4. The fourth-order valence-corrected chi connectivity index (χ4v) is 2.89. The van der Waals surface area contributed by atoms with Crippen LogP contribution < -0.4 is 11.1 Å². The van der Waals surface area contributed by atoms with Crippen molar-refractivity contribution in [1.82, 2.24) is 10.2 Å². The number of rotatable bonds is 9. The summed E-state index contributed by atoms with van der Waals surface area (Å²) in [6.45, 7) is 6.63. The molecule has 1 rings (SSSR count). The largest absolute Gasteiger partial charge is 0.355 e. The molecule has 0 heterocycles. The van der Waals surface area contributed by atoms with E-state index in [1.807, 2.05) is 6.92 Å². The smallest absolute Gasteiger partial charge is 0.237 e. The van der Waals surface area contributed by atoms with Gasteiger partial charge in [-0.25, -0.2) is 0 Å². The van der Waals surface area contributed by atoms with Crippen LogP contribution in [-0.4, -0.2) is 42.5 Å². The van der Waals surface area contributed by atoms with Gasteiger partial charge in [0.2, 0.25) is 5.91 Å². The van der Waals surface area contributed by atoms with E-state index in [0.29, 0.717) is 12.6 Å². The van der Waals surface area contributed by atoms with E-state index in [2.05, 4.69) is 17.1 Å². The van der Waals surface area contributed by atoms with Gasteiger partial charge in [-0.1, -0.05) is 26.2 Å². The van der Waals surface area contributed by atoms with E-state index in [4.69, 9.17) is 5.73 Å². The molecule has 4 nitrogen and oxygen atoms in total. The van der Waals surface area contributed by atoms with E-state index in [1.54, 1.807) is 0 Å². The topological polar surface area (TPSA) is 58.4 Å². The Kier molecular flexibility index (Phi) is 8.07. The van der Waals surface area contributed by atoms with Crippen LogP contribution >= 0.6 is 0 Å². The number of nitrogens with one attached hydrogen (secondary N) is 1. The molecular formula is C15H31N3O. The summed E-state index contributed by atoms with van der Waals surface area (Å²) < 4.78 is 0. The lowest BCUT2D eigenvalue weighted by molar-refractivity contribution is -0.126. The Bertz CT molecular complexity index is 252. The summed E-state index contributed by atoms with van der Waals surface area (Å²) >= 11 is 0. The van der Waals surface area contributed by atoms with Gasteiger partial charge in [0.05, 0.1) is 6.04 Å². The Morgan fingerprint density at radius 1 is 1.37 bits per heavy atom. The summed E-state index contributed by atoms with van der Waals surface area (Å²) in [4.78, 5) is 14.6. The average Bonchev–Trinajstić information content (AvgIpc) is 2.93. The Labute approximate surface area is 118 Å². The highest BCUT2D eigenvalue weighted by molar-refractivity contribution is 5.81. The monoisotopic (exact) mass is 269 g/mol. The van der Waals surface area contributed by atoms with Gasteiger partial charge < -0.3 is 11.1 Å². The van der Waals surface area contributed by atoms with Crippen LogP contribution in [0.25, 0.3) is 0 Å². The van der Waals surface area contributed by atoms with Gasteiger partial charge in [-0.2, -0.15) is 0 Å². The van der Waals surface area contributed by atoms with Gasteiger partial charge in [0.25, 0.3) is 0 Å². The predicted octanol–water partition coefficient (Wildman–Crippen LogP) is 1.88. The molecule has 0 aromatic carbocycles. The minimum Gasteiger partial charge on any atom is -0.355 e. The van der Waals surface area contributed by atoms with Gasteiger partial charge >= 0.3 is 0 Å². The molecule has 1 unspecified atom stereocenters. The fourth-order valence-electron chi connectivity index (χ4n) is 2.89. The lowest BCUT2D eigenvalue weighted by Gasteiger charge is -2.33. The molecule has 0 aliphatic heterocycles. The molecule has 0 saturated heterocycles. The third-order valence-corrected chi connectivity index (χ3v) is 4.12. The van der Waals surface area contributed by atoms with E-state index >= 15 is 0 Å². The lowest BCUT2D eigenvalue weighted by atomic mass is 10.1. The summed E-state index contributed by atoms with van der Waals surface area (Å²) in [6, 6.07) is 0.560. The summed E-state index contributed by atoms with van der Waals surface area (Å²) in [5.41, 5.74) is 5.62. The highest BCUT2D eigenvalue weighted by Gasteiger charge is 2.29. The van der Waals surface area contributed by atoms with Crippen LogP contribution in [0.4, 0.5) is 0 Å². The fraction of sp³-hybridized carbons (Fsp3) is 0.933. The van der Waals surface area contributed by atoms with Crippen molar-refractivity contribution in [2.75, 3.05) is 19.6 Å². The summed E-state index contributed by atoms with van der Waals surface area (Å²) in [5, 5.41) is 3.05. The first-order valence-electron chi connectivity index (χ1n) is 7.94. The molecule has 1 fully saturated rings. The zero-order valence-electron chi connectivity index (χ0n) is 12.7. The highest BCUT2D eigenvalue weighted by atomic mass is 16.2. The Hall–Kier alpha value is -0.610. The number of unbranched alkanes of at least 4 members (excludes halogenated alkanes) is 1. The zero-order valence-corrected chi connectivity index (χ0v) is 12.7. The number of nitrogens with zero attached hydrogens (tertiary/aromatic N) is 1. The number of hydrogen-bond acceptors (Lipinski definition) is 3. The maximum atomic E-state index is 12.2. The number of nitrogens with two attached hydrogens (primary N) is 1. The van der Waals surface area contributed by atoms with Crippen molar-refractivity contribution in [1.29, 1.82) is 0 Å². The average molecular weight is 269 g/mol. The van der Waals surface area contributed by atoms with Crippen LogP contribution in [0.5, 0.6) is 0 Å². The molecular weight excluding hydrogens is 238 g/mol. The van der Waals surface area contributed by atoms with Crippen LogP contribution in [-0.2, 0) is 4.79 Å². The second-order valence-electron chi connectivity index (χ2n) is 5.64. The van der Waals surface area contributed by atoms with Gasteiger partial charge in [-0.3, -0.25) is 9.69 Å². The van der Waals surface area contributed by atoms with Crippen molar-refractivity contribution < 1.29 is 4.79 Å². The third kappa shape index (κ3) is 5.49. The minimum absolute atomic E-state index is 0.0218. The van der Waals surface area contributed by atoms with Crippen LogP contribution in [0.2, 0.25) is 0 Å². The molecule has 0 bridgehead atoms. The van der Waals surface area contributed by atoms with Crippen molar-refractivity contribution >= 4 is 5.91 Å². The highest BCUT2D eigenvalue weighted by Crippen LogP contribution is 2.25. The van der Waals surface area contributed by atoms with Crippen molar-refractivity contribution in [3.63, 3.8) is 0 Å². The van der Waals surface area contributed by atoms with Crippen molar-refractivity contribution in [2.24, 2.45) is 5.73 Å². The van der Waals surface area contributed by atoms with Crippen LogP contribution in [0, 0.1) is 0 Å². The molecule has 3 N–H and O–H groups in total. The van der Waals surface area contributed by atoms with Gasteiger partial charge in [-0.05, 0) is 39.2 Å². The Balaban J connectivity index is 2.49. The van der Waals surface area contributed by atoms with Gasteiger partial charge in [0.15, 0.2) is 0 Å². The summed E-state index contributed by atoms with van der Waals surface area (Å²) in [6.07, 6.45) is 8.22. The molecule has 112 valence electrons. The second kappa shape index (κ2) is 9.32. The van der Waals surface area contributed by atoms with Gasteiger partial charge in [0, 0.05) is 19.1 Å². The quantitative estimate of drug-likeness (QED) is 0.628. The molecule has 4 heteroatoms. The molecule has 0 spiro atoms. The van der Waals surface area contributed by atoms with E-state index in [0.717, 1.165) is 32.4 Å². The van der Waals surface area contributed by atoms with Crippen molar-refractivity contribution in [2.45, 2.75) is 70.9 Å². The van der Waals surface area contributed by atoms with Gasteiger partial charge in [-0.15, -0.1) is 0 Å². The van der Waals surface area contributed by atoms with E-state index in [1.165, 1.54) is 25.7 Å². The predicted molar refractivity (Wildman–Crippen MR) is 80.0 cm³/mol. The first-order valence-corrected chi connectivity index (χ1v) is 7.94. The molecule has 1 aliphatic rings. The molecule has 1 aliphatic carbocycles. The number of carbonyl (C=O) groups is 1. The molecule has 1 saturated carbocycles. The maximum absolute atomic E-state index is 12.2. The molecule has 1 atom stereocenters. The first-order chi connectivity index (χ1) is 9.20. The second-order valence-corrected chi connectivity index (χ2v) is 5.64. The zero-order chi connectivity index (χ0) is 14.1. The normalized spacial score (nSPS) is 17.9. The number of amides is 1. The molecule has 0 radical (unpaired) electrons. The Morgan fingerprint density at radius 2 is 2.05 bits per heavy atom. The number of hydrogen-bond donors (Lipinski definition) is 2. The van der Waals surface area contributed by atoms with Crippen LogP contribution in [0.15, 0.2) is 0 Å². The van der Waals surface area contributed by atoms with Crippen molar-refractivity contribution in [3.05, 3.63) is 0 Å². The minimum atomic E-state index is -0.0218.